The summed E-state index contributed by atoms with van der Waals surface area (Å²) in [6.07, 6.45) is -3.07. The zero-order valence-corrected chi connectivity index (χ0v) is 22.2. The number of aryl methyl sites for hydroxylation is 1. The van der Waals surface area contributed by atoms with Crippen LogP contribution in [0.4, 0.5) is 23.7 Å². The summed E-state index contributed by atoms with van der Waals surface area (Å²) in [4.78, 5) is 38.7. The molecule has 0 unspecified atom stereocenters. The molecule has 4 rings (SSSR count). The minimum absolute atomic E-state index is 0.0835. The average molecular weight is 605 g/mol. The van der Waals surface area contributed by atoms with E-state index in [0.717, 1.165) is 38.7 Å². The maximum absolute atomic E-state index is 12.9. The number of carbonyl (C=O) groups excluding carboxylic acids is 3. The van der Waals surface area contributed by atoms with Crippen molar-refractivity contribution in [1.82, 2.24) is 4.90 Å². The van der Waals surface area contributed by atoms with E-state index in [-0.39, 0.29) is 10.6 Å². The second-order valence-electron chi connectivity index (χ2n) is 8.35. The Labute approximate surface area is 229 Å². The van der Waals surface area contributed by atoms with E-state index in [1.807, 2.05) is 31.2 Å². The van der Waals surface area contributed by atoms with Gasteiger partial charge in [-0.05, 0) is 66.7 Å². The highest BCUT2D eigenvalue weighted by Gasteiger charge is 2.36. The van der Waals surface area contributed by atoms with Crippen LogP contribution in [0.1, 0.15) is 22.3 Å². The summed E-state index contributed by atoms with van der Waals surface area (Å²) in [6.45, 7) is 1.63. The first-order valence-electron chi connectivity index (χ1n) is 11.2. The molecule has 0 atom stereocenters. The molecule has 0 aliphatic carbocycles. The van der Waals surface area contributed by atoms with Gasteiger partial charge in [0.1, 0.15) is 18.9 Å². The number of hydrogen-bond donors (Lipinski definition) is 1. The van der Waals surface area contributed by atoms with Crippen molar-refractivity contribution in [2.75, 3.05) is 11.9 Å². The number of carbonyl (C=O) groups is 3. The number of imide groups is 1. The number of rotatable bonds is 7. The summed E-state index contributed by atoms with van der Waals surface area (Å²) in [6, 6.07) is 17.2. The number of alkyl halides is 3. The van der Waals surface area contributed by atoms with Gasteiger partial charge in [-0.3, -0.25) is 19.3 Å². The van der Waals surface area contributed by atoms with E-state index < -0.39 is 35.3 Å². The Balaban J connectivity index is 1.46. The van der Waals surface area contributed by atoms with Crippen LogP contribution >= 0.6 is 27.7 Å². The van der Waals surface area contributed by atoms with Crippen molar-refractivity contribution in [3.05, 3.63) is 98.4 Å². The van der Waals surface area contributed by atoms with E-state index in [1.54, 1.807) is 18.2 Å². The molecule has 196 valence electrons. The first kappa shape index (κ1) is 27.5. The first-order chi connectivity index (χ1) is 18.0. The average Bonchev–Trinajstić information content (AvgIpc) is 3.11. The molecule has 38 heavy (non-hydrogen) atoms. The number of thioether (sulfide) groups is 1. The van der Waals surface area contributed by atoms with E-state index >= 15 is 0 Å². The first-order valence-corrected chi connectivity index (χ1v) is 12.8. The number of halogens is 4. The van der Waals surface area contributed by atoms with E-state index in [2.05, 4.69) is 21.2 Å². The van der Waals surface area contributed by atoms with Gasteiger partial charge in [0.25, 0.3) is 11.1 Å². The van der Waals surface area contributed by atoms with Crippen LogP contribution in [0.25, 0.3) is 6.08 Å². The monoisotopic (exact) mass is 604 g/mol. The van der Waals surface area contributed by atoms with E-state index in [1.165, 1.54) is 12.1 Å². The fourth-order valence-corrected chi connectivity index (χ4v) is 4.71. The largest absolute Gasteiger partial charge is 0.488 e. The third-order valence-electron chi connectivity index (χ3n) is 5.42. The second kappa shape index (κ2) is 11.4. The Kier molecular flexibility index (Phi) is 8.27. The standard InChI is InChI=1S/C27H20BrF3N2O4S/c1-16-5-7-17(8-6-16)15-37-22-10-9-20(28)11-18(22)12-23-25(35)33(26(36)38-23)14-24(34)32-21-4-2-3-19(13-21)27(29,30)31/h2-13H,14-15H2,1H3,(H,32,34)/b23-12-. The summed E-state index contributed by atoms with van der Waals surface area (Å²) in [5.74, 6) is -1.01. The van der Waals surface area contributed by atoms with Gasteiger partial charge in [-0.15, -0.1) is 0 Å². The van der Waals surface area contributed by atoms with Gasteiger partial charge < -0.3 is 10.1 Å². The zero-order chi connectivity index (χ0) is 27.4. The van der Waals surface area contributed by atoms with Gasteiger partial charge in [0.05, 0.1) is 10.5 Å². The van der Waals surface area contributed by atoms with Crippen LogP contribution in [-0.2, 0) is 22.4 Å². The second-order valence-corrected chi connectivity index (χ2v) is 10.3. The molecule has 1 N–H and O–H groups in total. The summed E-state index contributed by atoms with van der Waals surface area (Å²) in [7, 11) is 0. The molecule has 6 nitrogen and oxygen atoms in total. The predicted molar refractivity (Wildman–Crippen MR) is 142 cm³/mol. The Bertz CT molecular complexity index is 1420. The minimum atomic E-state index is -4.58. The van der Waals surface area contributed by atoms with Gasteiger partial charge in [0.2, 0.25) is 5.91 Å². The van der Waals surface area contributed by atoms with Crippen molar-refractivity contribution >= 4 is 56.5 Å². The molecule has 0 spiro atoms. The molecule has 0 radical (unpaired) electrons. The highest BCUT2D eigenvalue weighted by atomic mass is 79.9. The van der Waals surface area contributed by atoms with Crippen molar-refractivity contribution in [3.8, 4) is 5.75 Å². The van der Waals surface area contributed by atoms with Crippen LogP contribution < -0.4 is 10.1 Å². The number of amides is 3. The molecule has 1 saturated heterocycles. The number of hydrogen-bond acceptors (Lipinski definition) is 5. The molecule has 1 aliphatic heterocycles. The molecule has 0 saturated carbocycles. The Morgan fingerprint density at radius 2 is 1.82 bits per heavy atom. The fraction of sp³-hybridized carbons (Fsp3) is 0.148. The van der Waals surface area contributed by atoms with Crippen LogP contribution in [0.15, 0.2) is 76.1 Å². The molecule has 3 aromatic carbocycles. The molecule has 1 heterocycles. The molecule has 3 amide bonds. The number of benzene rings is 3. The summed E-state index contributed by atoms with van der Waals surface area (Å²) < 4.78 is 45.5. The van der Waals surface area contributed by atoms with Gasteiger partial charge in [0.15, 0.2) is 0 Å². The van der Waals surface area contributed by atoms with Crippen molar-refractivity contribution in [2.24, 2.45) is 0 Å². The van der Waals surface area contributed by atoms with Crippen LogP contribution in [0.2, 0.25) is 0 Å². The van der Waals surface area contributed by atoms with Crippen LogP contribution in [0, 0.1) is 6.92 Å². The fourth-order valence-electron chi connectivity index (χ4n) is 3.50. The SMILES string of the molecule is Cc1ccc(COc2ccc(Br)cc2/C=C2\SC(=O)N(CC(=O)Nc3cccc(C(F)(F)F)c3)C2=O)cc1. The van der Waals surface area contributed by atoms with Gasteiger partial charge >= 0.3 is 6.18 Å². The minimum Gasteiger partial charge on any atom is -0.488 e. The maximum atomic E-state index is 12.9. The molecule has 3 aromatic rings. The highest BCUT2D eigenvalue weighted by molar-refractivity contribution is 9.10. The molecular formula is C27H20BrF3N2O4S. The van der Waals surface area contributed by atoms with Crippen LogP contribution in [-0.4, -0.2) is 28.5 Å². The molecule has 1 aliphatic rings. The topological polar surface area (TPSA) is 75.7 Å². The highest BCUT2D eigenvalue weighted by Crippen LogP contribution is 2.35. The zero-order valence-electron chi connectivity index (χ0n) is 19.8. The number of nitrogens with one attached hydrogen (secondary N) is 1. The molecule has 0 aromatic heterocycles. The van der Waals surface area contributed by atoms with E-state index in [0.29, 0.717) is 29.7 Å². The lowest BCUT2D eigenvalue weighted by Crippen LogP contribution is -2.36. The number of nitrogens with zero attached hydrogens (tertiary/aromatic N) is 1. The maximum Gasteiger partial charge on any atom is 0.416 e. The van der Waals surface area contributed by atoms with Crippen molar-refractivity contribution in [1.29, 1.82) is 0 Å². The molecule has 1 fully saturated rings. The Hall–Kier alpha value is -3.57. The predicted octanol–water partition coefficient (Wildman–Crippen LogP) is 7.03. The Morgan fingerprint density at radius 3 is 2.53 bits per heavy atom. The van der Waals surface area contributed by atoms with Crippen molar-refractivity contribution < 1.29 is 32.3 Å². The molecule has 0 bridgehead atoms. The van der Waals surface area contributed by atoms with E-state index in [9.17, 15) is 27.6 Å². The van der Waals surface area contributed by atoms with E-state index in [4.69, 9.17) is 4.74 Å². The normalized spacial score (nSPS) is 14.8. The third-order valence-corrected chi connectivity index (χ3v) is 6.82. The summed E-state index contributed by atoms with van der Waals surface area (Å²) in [5, 5.41) is 1.63. The van der Waals surface area contributed by atoms with Crippen molar-refractivity contribution in [2.45, 2.75) is 19.7 Å². The molecular weight excluding hydrogens is 585 g/mol. The summed E-state index contributed by atoms with van der Waals surface area (Å²) in [5.41, 5.74) is 1.59. The molecule has 11 heteroatoms. The number of ether oxygens (including phenoxy) is 1. The number of anilines is 1. The lowest BCUT2D eigenvalue weighted by atomic mass is 10.1. The lowest BCUT2D eigenvalue weighted by Gasteiger charge is -2.14. The smallest absolute Gasteiger partial charge is 0.416 e. The van der Waals surface area contributed by atoms with Crippen LogP contribution in [0.3, 0.4) is 0 Å². The lowest BCUT2D eigenvalue weighted by molar-refractivity contribution is -0.137. The van der Waals surface area contributed by atoms with Crippen LogP contribution in [0.5, 0.6) is 5.75 Å². The van der Waals surface area contributed by atoms with Crippen molar-refractivity contribution in [3.63, 3.8) is 0 Å². The summed E-state index contributed by atoms with van der Waals surface area (Å²) >= 11 is 4.05. The third kappa shape index (κ3) is 6.84. The van der Waals surface area contributed by atoms with Gasteiger partial charge in [-0.25, -0.2) is 0 Å². The Morgan fingerprint density at radius 1 is 1.08 bits per heavy atom. The van der Waals surface area contributed by atoms with Gasteiger partial charge in [-0.1, -0.05) is 51.8 Å². The van der Waals surface area contributed by atoms with Gasteiger partial charge in [0, 0.05) is 15.7 Å². The van der Waals surface area contributed by atoms with Gasteiger partial charge in [-0.2, -0.15) is 13.2 Å². The quantitative estimate of drug-likeness (QED) is 0.293.